The number of ether oxygens (including phenoxy) is 1. The van der Waals surface area contributed by atoms with Crippen molar-refractivity contribution in [2.45, 2.75) is 6.42 Å². The number of benzene rings is 1. The molecule has 0 bridgehead atoms. The summed E-state index contributed by atoms with van der Waals surface area (Å²) >= 11 is 0. The second-order valence-corrected chi connectivity index (χ2v) is 3.33. The van der Waals surface area contributed by atoms with Crippen LogP contribution in [-0.2, 0) is 9.53 Å². The van der Waals surface area contributed by atoms with E-state index in [9.17, 15) is 14.7 Å². The molecule has 0 spiro atoms. The number of phenolic OH excluding ortho intramolecular Hbond substituents is 1. The summed E-state index contributed by atoms with van der Waals surface area (Å²) in [6, 6.07) is 4.49. The zero-order valence-electron chi connectivity index (χ0n) is 9.40. The van der Waals surface area contributed by atoms with Crippen molar-refractivity contribution in [3.8, 4) is 5.75 Å². The van der Waals surface area contributed by atoms with Gasteiger partial charge in [0.1, 0.15) is 0 Å². The predicted molar refractivity (Wildman–Crippen MR) is 61.5 cm³/mol. The Morgan fingerprint density at radius 3 is 2.82 bits per heavy atom. The second kappa shape index (κ2) is 5.74. The Balaban J connectivity index is 2.59. The molecule has 1 rings (SSSR count). The van der Waals surface area contributed by atoms with Crippen LogP contribution in [0.25, 0.3) is 0 Å². The molecule has 0 aliphatic rings. The first-order chi connectivity index (χ1) is 8.06. The quantitative estimate of drug-likeness (QED) is 0.397. The summed E-state index contributed by atoms with van der Waals surface area (Å²) in [5.74, 6) is -1.16. The minimum atomic E-state index is -0.487. The van der Waals surface area contributed by atoms with Gasteiger partial charge < -0.3 is 20.9 Å². The lowest BCUT2D eigenvalue weighted by molar-refractivity contribution is -0.140. The molecule has 0 atom stereocenters. The van der Waals surface area contributed by atoms with Crippen molar-refractivity contribution in [1.29, 1.82) is 0 Å². The normalized spacial score (nSPS) is 9.71. The highest BCUT2D eigenvalue weighted by Crippen LogP contribution is 2.23. The standard InChI is InChI=1S/C11H14N2O4/c1-17-9(14)5-6-13-11(16)7-3-2-4-8(12)10(7)15/h2-4,15H,5-6,12H2,1H3,(H,13,16). The van der Waals surface area contributed by atoms with Crippen molar-refractivity contribution in [3.05, 3.63) is 23.8 Å². The fraction of sp³-hybridized carbons (Fsp3) is 0.273. The average Bonchev–Trinajstić information content (AvgIpc) is 2.32. The summed E-state index contributed by atoms with van der Waals surface area (Å²) in [6.45, 7) is 0.139. The van der Waals surface area contributed by atoms with E-state index < -0.39 is 11.9 Å². The van der Waals surface area contributed by atoms with E-state index in [1.807, 2.05) is 0 Å². The molecule has 0 saturated carbocycles. The summed E-state index contributed by atoms with van der Waals surface area (Å²) in [5, 5.41) is 12.0. The number of nitrogens with one attached hydrogen (secondary N) is 1. The molecule has 0 aromatic heterocycles. The molecule has 0 aliphatic heterocycles. The third-order valence-electron chi connectivity index (χ3n) is 2.15. The van der Waals surface area contributed by atoms with Gasteiger partial charge in [0, 0.05) is 6.54 Å². The van der Waals surface area contributed by atoms with Gasteiger partial charge in [0.15, 0.2) is 5.75 Å². The molecule has 0 radical (unpaired) electrons. The van der Waals surface area contributed by atoms with Crippen LogP contribution in [0, 0.1) is 0 Å². The SMILES string of the molecule is COC(=O)CCNC(=O)c1cccc(N)c1O. The number of methoxy groups -OCH3 is 1. The molecule has 6 heteroatoms. The Morgan fingerprint density at radius 1 is 1.47 bits per heavy atom. The van der Waals surface area contributed by atoms with E-state index in [0.29, 0.717) is 0 Å². The van der Waals surface area contributed by atoms with Gasteiger partial charge in [0.2, 0.25) is 0 Å². The Bertz CT molecular complexity index is 431. The van der Waals surface area contributed by atoms with E-state index in [1.165, 1.54) is 19.2 Å². The first-order valence-corrected chi connectivity index (χ1v) is 4.98. The van der Waals surface area contributed by atoms with E-state index in [-0.39, 0.29) is 30.0 Å². The highest BCUT2D eigenvalue weighted by atomic mass is 16.5. The number of phenols is 1. The van der Waals surface area contributed by atoms with Gasteiger partial charge in [-0.25, -0.2) is 0 Å². The van der Waals surface area contributed by atoms with Gasteiger partial charge in [-0.1, -0.05) is 6.07 Å². The number of amides is 1. The van der Waals surface area contributed by atoms with E-state index in [4.69, 9.17) is 5.73 Å². The number of aromatic hydroxyl groups is 1. The fourth-order valence-electron chi connectivity index (χ4n) is 1.22. The van der Waals surface area contributed by atoms with Crippen LogP contribution in [-0.4, -0.2) is 30.6 Å². The zero-order valence-corrected chi connectivity index (χ0v) is 9.40. The Morgan fingerprint density at radius 2 is 2.18 bits per heavy atom. The third-order valence-corrected chi connectivity index (χ3v) is 2.15. The fourth-order valence-corrected chi connectivity index (χ4v) is 1.22. The highest BCUT2D eigenvalue weighted by molar-refractivity contribution is 5.98. The lowest BCUT2D eigenvalue weighted by Gasteiger charge is -2.07. The molecular formula is C11H14N2O4. The van der Waals surface area contributed by atoms with Crippen molar-refractivity contribution in [2.24, 2.45) is 0 Å². The van der Waals surface area contributed by atoms with Gasteiger partial charge in [-0.2, -0.15) is 0 Å². The molecule has 0 aliphatic carbocycles. The van der Waals surface area contributed by atoms with Crippen molar-refractivity contribution < 1.29 is 19.4 Å². The number of nitrogens with two attached hydrogens (primary N) is 1. The number of carbonyl (C=O) groups is 2. The Kier molecular flexibility index (Phi) is 4.33. The molecule has 0 heterocycles. The lowest BCUT2D eigenvalue weighted by atomic mass is 10.1. The van der Waals surface area contributed by atoms with Gasteiger partial charge in [0.05, 0.1) is 24.8 Å². The first-order valence-electron chi connectivity index (χ1n) is 4.98. The predicted octanol–water partition coefficient (Wildman–Crippen LogP) is 0.267. The largest absolute Gasteiger partial charge is 0.505 e. The first kappa shape index (κ1) is 12.8. The molecule has 92 valence electrons. The molecule has 0 unspecified atom stereocenters. The Labute approximate surface area is 98.4 Å². The van der Waals surface area contributed by atoms with Crippen molar-refractivity contribution in [1.82, 2.24) is 5.32 Å². The highest BCUT2D eigenvalue weighted by Gasteiger charge is 2.12. The summed E-state index contributed by atoms with van der Waals surface area (Å²) in [4.78, 5) is 22.4. The van der Waals surface area contributed by atoms with E-state index in [2.05, 4.69) is 10.1 Å². The molecular weight excluding hydrogens is 224 g/mol. The van der Waals surface area contributed by atoms with Crippen LogP contribution in [0.3, 0.4) is 0 Å². The lowest BCUT2D eigenvalue weighted by Crippen LogP contribution is -2.26. The molecule has 17 heavy (non-hydrogen) atoms. The number of nitrogen functional groups attached to an aromatic ring is 1. The number of para-hydroxylation sites is 1. The van der Waals surface area contributed by atoms with Crippen molar-refractivity contribution >= 4 is 17.6 Å². The van der Waals surface area contributed by atoms with Gasteiger partial charge >= 0.3 is 5.97 Å². The van der Waals surface area contributed by atoms with Crippen LogP contribution in [0.5, 0.6) is 5.75 Å². The summed E-state index contributed by atoms with van der Waals surface area (Å²) in [5.41, 5.74) is 5.66. The van der Waals surface area contributed by atoms with Crippen LogP contribution in [0.1, 0.15) is 16.8 Å². The van der Waals surface area contributed by atoms with Crippen LogP contribution >= 0.6 is 0 Å². The molecule has 4 N–H and O–H groups in total. The molecule has 0 saturated heterocycles. The number of esters is 1. The number of hydrogen-bond acceptors (Lipinski definition) is 5. The van der Waals surface area contributed by atoms with E-state index >= 15 is 0 Å². The Hall–Kier alpha value is -2.24. The maximum absolute atomic E-state index is 11.6. The molecule has 1 aromatic carbocycles. The summed E-state index contributed by atoms with van der Waals surface area (Å²) < 4.78 is 4.42. The third kappa shape index (κ3) is 3.37. The van der Waals surface area contributed by atoms with Crippen LogP contribution in [0.15, 0.2) is 18.2 Å². The van der Waals surface area contributed by atoms with E-state index in [1.54, 1.807) is 6.07 Å². The average molecular weight is 238 g/mol. The minimum absolute atomic E-state index is 0.0747. The minimum Gasteiger partial charge on any atom is -0.505 e. The van der Waals surface area contributed by atoms with Crippen molar-refractivity contribution in [2.75, 3.05) is 19.4 Å². The number of carbonyl (C=O) groups excluding carboxylic acids is 2. The second-order valence-electron chi connectivity index (χ2n) is 3.33. The zero-order chi connectivity index (χ0) is 12.8. The summed E-state index contributed by atoms with van der Waals surface area (Å²) in [6.07, 6.45) is 0.0747. The van der Waals surface area contributed by atoms with Gasteiger partial charge in [-0.05, 0) is 12.1 Å². The van der Waals surface area contributed by atoms with Crippen LogP contribution < -0.4 is 11.1 Å². The number of anilines is 1. The topological polar surface area (TPSA) is 102 Å². The molecule has 6 nitrogen and oxygen atoms in total. The summed E-state index contributed by atoms with van der Waals surface area (Å²) in [7, 11) is 1.27. The maximum Gasteiger partial charge on any atom is 0.307 e. The number of hydrogen-bond donors (Lipinski definition) is 3. The number of rotatable bonds is 4. The van der Waals surface area contributed by atoms with Gasteiger partial charge in [-0.15, -0.1) is 0 Å². The molecule has 1 aromatic rings. The van der Waals surface area contributed by atoms with Gasteiger partial charge in [-0.3, -0.25) is 9.59 Å². The monoisotopic (exact) mass is 238 g/mol. The molecule has 0 fully saturated rings. The smallest absolute Gasteiger partial charge is 0.307 e. The van der Waals surface area contributed by atoms with E-state index in [0.717, 1.165) is 0 Å². The maximum atomic E-state index is 11.6. The van der Waals surface area contributed by atoms with Crippen LogP contribution in [0.2, 0.25) is 0 Å². The van der Waals surface area contributed by atoms with Crippen molar-refractivity contribution in [3.63, 3.8) is 0 Å². The van der Waals surface area contributed by atoms with Crippen LogP contribution in [0.4, 0.5) is 5.69 Å². The van der Waals surface area contributed by atoms with Gasteiger partial charge in [0.25, 0.3) is 5.91 Å². The molecule has 1 amide bonds.